The summed E-state index contributed by atoms with van der Waals surface area (Å²) < 4.78 is 7.05. The van der Waals surface area contributed by atoms with Gasteiger partial charge in [-0.3, -0.25) is 4.79 Å². The first-order valence-corrected chi connectivity index (χ1v) is 10.7. The minimum Gasteiger partial charge on any atom is -0.380 e. The molecule has 0 spiro atoms. The van der Waals surface area contributed by atoms with E-state index in [1.165, 1.54) is 0 Å². The van der Waals surface area contributed by atoms with Crippen molar-refractivity contribution in [2.45, 2.75) is 33.0 Å². The Morgan fingerprint density at radius 3 is 2.77 bits per heavy atom. The van der Waals surface area contributed by atoms with E-state index in [4.69, 9.17) is 9.72 Å². The second kappa shape index (κ2) is 8.77. The lowest BCUT2D eigenvalue weighted by Gasteiger charge is -2.11. The minimum absolute atomic E-state index is 0.138. The lowest BCUT2D eigenvalue weighted by Crippen LogP contribution is -2.23. The van der Waals surface area contributed by atoms with Crippen molar-refractivity contribution in [3.63, 3.8) is 0 Å². The Labute approximate surface area is 179 Å². The van der Waals surface area contributed by atoms with E-state index in [-0.39, 0.29) is 11.9 Å². The number of pyridine rings is 1. The number of nitrogens with zero attached hydrogens (tertiary/aromatic N) is 3. The third-order valence-corrected chi connectivity index (χ3v) is 5.72. The highest BCUT2D eigenvalue weighted by atomic mass is 32.1. The fraction of sp³-hybridized carbons (Fsp3) is 0.261. The molecule has 1 amide bonds. The van der Waals surface area contributed by atoms with Crippen molar-refractivity contribution in [1.29, 1.82) is 0 Å². The summed E-state index contributed by atoms with van der Waals surface area (Å²) in [5.41, 5.74) is 4.20. The molecule has 0 aliphatic rings. The van der Waals surface area contributed by atoms with Crippen LogP contribution in [0.3, 0.4) is 0 Å². The molecule has 4 rings (SSSR count). The maximum absolute atomic E-state index is 13.1. The summed E-state index contributed by atoms with van der Waals surface area (Å²) in [6.45, 7) is 5.09. The highest BCUT2D eigenvalue weighted by Crippen LogP contribution is 2.29. The summed E-state index contributed by atoms with van der Waals surface area (Å²) in [7, 11) is 1.67. The molecule has 30 heavy (non-hydrogen) atoms. The van der Waals surface area contributed by atoms with Gasteiger partial charge in [-0.2, -0.15) is 5.10 Å². The van der Waals surface area contributed by atoms with Gasteiger partial charge in [-0.05, 0) is 42.5 Å². The van der Waals surface area contributed by atoms with E-state index in [0.717, 1.165) is 32.7 Å². The van der Waals surface area contributed by atoms with Crippen LogP contribution in [0.4, 0.5) is 0 Å². The van der Waals surface area contributed by atoms with Crippen molar-refractivity contribution in [2.75, 3.05) is 7.11 Å². The number of ether oxygens (including phenoxy) is 1. The predicted octanol–water partition coefficient (Wildman–Crippen LogP) is 4.82. The highest BCUT2D eigenvalue weighted by molar-refractivity contribution is 7.13. The number of rotatable bonds is 7. The van der Waals surface area contributed by atoms with Crippen molar-refractivity contribution in [3.05, 3.63) is 70.7 Å². The zero-order chi connectivity index (χ0) is 21.1. The van der Waals surface area contributed by atoms with Gasteiger partial charge in [0.15, 0.2) is 5.65 Å². The van der Waals surface area contributed by atoms with E-state index < -0.39 is 0 Å². The maximum Gasteiger partial charge on any atom is 0.252 e. The first-order valence-electron chi connectivity index (χ1n) is 9.84. The molecule has 0 aliphatic carbocycles. The van der Waals surface area contributed by atoms with Crippen LogP contribution in [0.1, 0.15) is 41.4 Å². The van der Waals surface area contributed by atoms with E-state index in [2.05, 4.69) is 24.3 Å². The molecule has 0 aliphatic heterocycles. The second-order valence-corrected chi connectivity index (χ2v) is 8.34. The molecule has 1 N–H and O–H groups in total. The van der Waals surface area contributed by atoms with Crippen LogP contribution in [0.5, 0.6) is 0 Å². The Morgan fingerprint density at radius 2 is 2.03 bits per heavy atom. The molecule has 0 saturated heterocycles. The lowest BCUT2D eigenvalue weighted by molar-refractivity contribution is 0.0952. The second-order valence-electron chi connectivity index (χ2n) is 7.39. The Bertz CT molecular complexity index is 1170. The molecule has 7 heteroatoms. The largest absolute Gasteiger partial charge is 0.380 e. The zero-order valence-corrected chi connectivity index (χ0v) is 18.1. The summed E-state index contributed by atoms with van der Waals surface area (Å²) >= 11 is 1.60. The van der Waals surface area contributed by atoms with Gasteiger partial charge >= 0.3 is 0 Å². The molecule has 154 valence electrons. The monoisotopic (exact) mass is 420 g/mol. The topological polar surface area (TPSA) is 69.0 Å². The lowest BCUT2D eigenvalue weighted by atomic mass is 10.1. The van der Waals surface area contributed by atoms with Crippen molar-refractivity contribution < 1.29 is 9.53 Å². The van der Waals surface area contributed by atoms with Crippen LogP contribution in [0.25, 0.3) is 21.6 Å². The van der Waals surface area contributed by atoms with E-state index >= 15 is 0 Å². The van der Waals surface area contributed by atoms with Gasteiger partial charge in [-0.25, -0.2) is 9.67 Å². The van der Waals surface area contributed by atoms with Gasteiger partial charge < -0.3 is 10.1 Å². The molecular formula is C23H24N4O2S. The number of thiophene rings is 1. The first kappa shape index (κ1) is 20.3. The van der Waals surface area contributed by atoms with Gasteiger partial charge in [-0.15, -0.1) is 11.3 Å². The van der Waals surface area contributed by atoms with Gasteiger partial charge in [0.2, 0.25) is 0 Å². The molecule has 0 fully saturated rings. The fourth-order valence-corrected chi connectivity index (χ4v) is 4.09. The molecule has 0 atom stereocenters. The summed E-state index contributed by atoms with van der Waals surface area (Å²) in [5, 5.41) is 10.3. The summed E-state index contributed by atoms with van der Waals surface area (Å²) in [4.78, 5) is 19.0. The Morgan fingerprint density at radius 1 is 1.20 bits per heavy atom. The van der Waals surface area contributed by atoms with Gasteiger partial charge in [0.05, 0.1) is 34.3 Å². The van der Waals surface area contributed by atoms with Crippen LogP contribution in [0, 0.1) is 0 Å². The zero-order valence-electron chi connectivity index (χ0n) is 17.3. The number of nitrogens with one attached hydrogen (secondary N) is 1. The SMILES string of the molecule is COCc1cccc(CNC(=O)c2cc(-c3cccs3)nc3c2cnn3C(C)C)c1. The van der Waals surface area contributed by atoms with Crippen molar-refractivity contribution in [1.82, 2.24) is 20.1 Å². The first-order chi connectivity index (χ1) is 14.6. The summed E-state index contributed by atoms with van der Waals surface area (Å²) in [6, 6.07) is 14.0. The molecule has 0 radical (unpaired) electrons. The van der Waals surface area contributed by atoms with Gasteiger partial charge in [0.1, 0.15) is 0 Å². The third kappa shape index (κ3) is 4.13. The van der Waals surface area contributed by atoms with Crippen LogP contribution in [0.15, 0.2) is 54.0 Å². The Balaban J connectivity index is 1.67. The van der Waals surface area contributed by atoms with E-state index in [1.54, 1.807) is 24.6 Å². The molecule has 1 aromatic carbocycles. The Kier molecular flexibility index (Phi) is 5.92. The van der Waals surface area contributed by atoms with Crippen LogP contribution in [0.2, 0.25) is 0 Å². The van der Waals surface area contributed by atoms with Crippen LogP contribution >= 0.6 is 11.3 Å². The number of hydrogen-bond donors (Lipinski definition) is 1. The number of methoxy groups -OCH3 is 1. The number of carbonyl (C=O) groups is 1. The molecule has 3 heterocycles. The van der Waals surface area contributed by atoms with Gasteiger partial charge in [-0.1, -0.05) is 30.3 Å². The number of aromatic nitrogens is 3. The van der Waals surface area contributed by atoms with Crippen LogP contribution in [-0.4, -0.2) is 27.8 Å². The van der Waals surface area contributed by atoms with Crippen LogP contribution in [-0.2, 0) is 17.9 Å². The highest BCUT2D eigenvalue weighted by Gasteiger charge is 2.18. The summed E-state index contributed by atoms with van der Waals surface area (Å²) in [6.07, 6.45) is 1.73. The van der Waals surface area contributed by atoms with Gasteiger partial charge in [0, 0.05) is 19.7 Å². The third-order valence-electron chi connectivity index (χ3n) is 4.83. The Hall–Kier alpha value is -3.03. The van der Waals surface area contributed by atoms with Crippen LogP contribution < -0.4 is 5.32 Å². The fourth-order valence-electron chi connectivity index (χ4n) is 3.41. The molecule has 0 saturated carbocycles. The average molecular weight is 421 g/mol. The minimum atomic E-state index is -0.138. The number of amides is 1. The number of fused-ring (bicyclic) bond motifs is 1. The number of hydrogen-bond acceptors (Lipinski definition) is 5. The van der Waals surface area contributed by atoms with Crippen molar-refractivity contribution >= 4 is 28.3 Å². The molecular weight excluding hydrogens is 396 g/mol. The molecule has 0 unspecified atom stereocenters. The summed E-state index contributed by atoms with van der Waals surface area (Å²) in [5.74, 6) is -0.138. The van der Waals surface area contributed by atoms with Crippen molar-refractivity contribution in [3.8, 4) is 10.6 Å². The standard InChI is InChI=1S/C23H24N4O2S/c1-15(2)27-22-19(13-25-27)18(11-20(26-22)21-8-5-9-30-21)23(28)24-12-16-6-4-7-17(10-16)14-29-3/h4-11,13,15H,12,14H2,1-3H3,(H,24,28). The van der Waals surface area contributed by atoms with E-state index in [1.807, 2.05) is 52.5 Å². The quantitative estimate of drug-likeness (QED) is 0.465. The average Bonchev–Trinajstić information content (AvgIpc) is 3.41. The van der Waals surface area contributed by atoms with E-state index in [0.29, 0.717) is 18.7 Å². The molecule has 4 aromatic rings. The maximum atomic E-state index is 13.1. The predicted molar refractivity (Wildman–Crippen MR) is 120 cm³/mol. The number of benzene rings is 1. The molecule has 3 aromatic heterocycles. The smallest absolute Gasteiger partial charge is 0.252 e. The van der Waals surface area contributed by atoms with E-state index in [9.17, 15) is 4.79 Å². The number of carbonyl (C=O) groups excluding carboxylic acids is 1. The molecule has 0 bridgehead atoms. The van der Waals surface area contributed by atoms with Gasteiger partial charge in [0.25, 0.3) is 5.91 Å². The van der Waals surface area contributed by atoms with Crippen molar-refractivity contribution in [2.24, 2.45) is 0 Å². The normalized spacial score (nSPS) is 11.3. The molecule has 6 nitrogen and oxygen atoms in total.